The van der Waals surface area contributed by atoms with E-state index in [4.69, 9.17) is 11.6 Å². The highest BCUT2D eigenvalue weighted by molar-refractivity contribution is 6.30. The quantitative estimate of drug-likeness (QED) is 0.310. The second-order valence-corrected chi connectivity index (χ2v) is 13.8. The molecule has 4 rings (SSSR count). The summed E-state index contributed by atoms with van der Waals surface area (Å²) in [5.74, 6) is -3.28. The first-order valence-corrected chi connectivity index (χ1v) is 17.2. The Bertz CT molecular complexity index is 1510. The van der Waals surface area contributed by atoms with Gasteiger partial charge in [0.2, 0.25) is 35.4 Å². The number of rotatable bonds is 6. The Balaban J connectivity index is 1.56. The SMILES string of the molecule is CC(C)[C@H]1NC(=O)[C@@H](NC(=O)C2(c3ccc(Cl)cc3)CCC2)CCCNC(=O)CN(C)C(=O)[C@H](Cc2ccccc2)NC(=O)[C@@H](C)NC1=O. The minimum atomic E-state index is -1.06. The lowest BCUT2D eigenvalue weighted by molar-refractivity contribution is -0.139. The van der Waals surface area contributed by atoms with Gasteiger partial charge in [-0.25, -0.2) is 0 Å². The molecule has 0 spiro atoms. The van der Waals surface area contributed by atoms with Crippen LogP contribution in [0, 0.1) is 5.92 Å². The van der Waals surface area contributed by atoms with E-state index in [-0.39, 0.29) is 37.8 Å². The van der Waals surface area contributed by atoms with Crippen LogP contribution in [0.2, 0.25) is 5.02 Å². The first-order chi connectivity index (χ1) is 23.3. The highest BCUT2D eigenvalue weighted by Gasteiger charge is 2.46. The molecule has 5 N–H and O–H groups in total. The van der Waals surface area contributed by atoms with E-state index in [2.05, 4.69) is 26.6 Å². The monoisotopic (exact) mass is 694 g/mol. The van der Waals surface area contributed by atoms with Crippen LogP contribution in [-0.4, -0.2) is 84.6 Å². The smallest absolute Gasteiger partial charge is 0.245 e. The van der Waals surface area contributed by atoms with E-state index in [0.717, 1.165) is 17.5 Å². The lowest BCUT2D eigenvalue weighted by atomic mass is 9.63. The summed E-state index contributed by atoms with van der Waals surface area (Å²) in [4.78, 5) is 82.1. The van der Waals surface area contributed by atoms with Gasteiger partial charge in [-0.05, 0) is 61.8 Å². The molecule has 2 aromatic carbocycles. The summed E-state index contributed by atoms with van der Waals surface area (Å²) in [7, 11) is 1.48. The summed E-state index contributed by atoms with van der Waals surface area (Å²) < 4.78 is 0. The summed E-state index contributed by atoms with van der Waals surface area (Å²) in [5, 5.41) is 14.5. The van der Waals surface area contributed by atoms with Gasteiger partial charge >= 0.3 is 0 Å². The molecular weight excluding hydrogens is 648 g/mol. The number of nitrogens with zero attached hydrogens (tertiary/aromatic N) is 1. The van der Waals surface area contributed by atoms with Crippen LogP contribution in [0.1, 0.15) is 64.0 Å². The third-order valence-corrected chi connectivity index (χ3v) is 9.56. The van der Waals surface area contributed by atoms with Gasteiger partial charge in [0.1, 0.15) is 24.2 Å². The molecule has 13 heteroatoms. The normalized spacial score (nSPS) is 24.4. The van der Waals surface area contributed by atoms with E-state index < -0.39 is 59.1 Å². The zero-order chi connectivity index (χ0) is 35.7. The summed E-state index contributed by atoms with van der Waals surface area (Å²) in [6, 6.07) is 12.2. The molecule has 1 aliphatic carbocycles. The first-order valence-electron chi connectivity index (χ1n) is 16.8. The highest BCUT2D eigenvalue weighted by atomic mass is 35.5. The predicted octanol–water partition coefficient (Wildman–Crippen LogP) is 1.99. The molecule has 1 heterocycles. The van der Waals surface area contributed by atoms with Crippen molar-refractivity contribution in [2.75, 3.05) is 20.1 Å². The first kappa shape index (κ1) is 37.4. The third kappa shape index (κ3) is 9.59. The van der Waals surface area contributed by atoms with E-state index in [1.54, 1.807) is 26.0 Å². The van der Waals surface area contributed by atoms with Crippen LogP contribution in [-0.2, 0) is 40.6 Å². The molecule has 49 heavy (non-hydrogen) atoms. The van der Waals surface area contributed by atoms with Gasteiger partial charge < -0.3 is 31.5 Å². The molecule has 6 amide bonds. The Morgan fingerprint density at radius 2 is 1.59 bits per heavy atom. The highest BCUT2D eigenvalue weighted by Crippen LogP contribution is 2.44. The Kier molecular flexibility index (Phi) is 12.8. The number of hydrogen-bond acceptors (Lipinski definition) is 6. The minimum absolute atomic E-state index is 0.174. The topological polar surface area (TPSA) is 166 Å². The number of hydrogen-bond donors (Lipinski definition) is 5. The summed E-state index contributed by atoms with van der Waals surface area (Å²) in [6.07, 6.45) is 2.76. The van der Waals surface area contributed by atoms with Gasteiger partial charge in [-0.2, -0.15) is 0 Å². The predicted molar refractivity (Wildman–Crippen MR) is 185 cm³/mol. The van der Waals surface area contributed by atoms with Gasteiger partial charge in [0, 0.05) is 25.0 Å². The van der Waals surface area contributed by atoms with E-state index in [1.807, 2.05) is 42.5 Å². The molecular formula is C36H47ClN6O6. The van der Waals surface area contributed by atoms with Crippen molar-refractivity contribution in [1.82, 2.24) is 31.5 Å². The molecule has 4 atom stereocenters. The van der Waals surface area contributed by atoms with Crippen LogP contribution in [0.25, 0.3) is 0 Å². The van der Waals surface area contributed by atoms with Crippen molar-refractivity contribution in [2.45, 2.75) is 88.9 Å². The average Bonchev–Trinajstić information content (AvgIpc) is 3.04. The number of carbonyl (C=O) groups excluding carboxylic acids is 6. The second kappa shape index (κ2) is 16.8. The molecule has 1 saturated heterocycles. The van der Waals surface area contributed by atoms with E-state index in [1.165, 1.54) is 18.9 Å². The molecule has 1 saturated carbocycles. The maximum Gasteiger partial charge on any atom is 0.245 e. The molecule has 264 valence electrons. The zero-order valence-corrected chi connectivity index (χ0v) is 29.3. The fraction of sp³-hybridized carbons (Fsp3) is 0.500. The standard InChI is InChI=1S/C36H47ClN6O6/c1-22(2)30-33(47)39-23(3)31(45)40-28(20-24-10-6-5-7-11-24)34(48)43(4)21-29(44)38-19-8-12-27(32(46)42-30)41-35(49)36(17-9-18-36)25-13-15-26(37)16-14-25/h5-7,10-11,13-16,22-23,27-28,30H,8-9,12,17-21H2,1-4H3,(H,38,44)(H,39,47)(H,40,45)(H,41,49)(H,42,46)/t23-,27+,28+,30-/m1/s1. The van der Waals surface area contributed by atoms with Crippen LogP contribution >= 0.6 is 11.6 Å². The van der Waals surface area contributed by atoms with Gasteiger partial charge in [-0.15, -0.1) is 0 Å². The van der Waals surface area contributed by atoms with Gasteiger partial charge in [-0.3, -0.25) is 28.8 Å². The van der Waals surface area contributed by atoms with Crippen molar-refractivity contribution in [2.24, 2.45) is 5.92 Å². The number of carbonyl (C=O) groups is 6. The van der Waals surface area contributed by atoms with E-state index >= 15 is 0 Å². The van der Waals surface area contributed by atoms with E-state index in [9.17, 15) is 28.8 Å². The number of benzene rings is 2. The van der Waals surface area contributed by atoms with Gasteiger partial charge in [0.15, 0.2) is 0 Å². The molecule has 0 radical (unpaired) electrons. The molecule has 0 unspecified atom stereocenters. The Morgan fingerprint density at radius 1 is 0.918 bits per heavy atom. The minimum Gasteiger partial charge on any atom is -0.355 e. The van der Waals surface area contributed by atoms with E-state index in [0.29, 0.717) is 24.3 Å². The van der Waals surface area contributed by atoms with Crippen LogP contribution < -0.4 is 26.6 Å². The van der Waals surface area contributed by atoms with Crippen molar-refractivity contribution in [3.05, 3.63) is 70.7 Å². The summed E-state index contributed by atoms with van der Waals surface area (Å²) in [6.45, 7) is 4.94. The van der Waals surface area contributed by atoms with Crippen molar-refractivity contribution in [1.29, 1.82) is 0 Å². The van der Waals surface area contributed by atoms with Crippen LogP contribution in [0.15, 0.2) is 54.6 Å². The molecule has 12 nitrogen and oxygen atoms in total. The van der Waals surface area contributed by atoms with Gasteiger partial charge in [0.25, 0.3) is 0 Å². The molecule has 2 aliphatic rings. The number of amides is 6. The summed E-state index contributed by atoms with van der Waals surface area (Å²) in [5.41, 5.74) is 0.807. The lowest BCUT2D eigenvalue weighted by Crippen LogP contribution is -2.60. The maximum absolute atomic E-state index is 13.8. The van der Waals surface area contributed by atoms with Crippen molar-refractivity contribution >= 4 is 47.0 Å². The Labute approximate surface area is 292 Å². The zero-order valence-electron chi connectivity index (χ0n) is 28.5. The van der Waals surface area contributed by atoms with Crippen LogP contribution in [0.4, 0.5) is 0 Å². The van der Waals surface area contributed by atoms with Crippen LogP contribution in [0.5, 0.6) is 0 Å². The van der Waals surface area contributed by atoms with Crippen molar-refractivity contribution < 1.29 is 28.8 Å². The molecule has 0 aromatic heterocycles. The maximum atomic E-state index is 13.8. The van der Waals surface area contributed by atoms with Crippen LogP contribution in [0.3, 0.4) is 0 Å². The molecule has 1 aliphatic heterocycles. The Morgan fingerprint density at radius 3 is 2.20 bits per heavy atom. The number of halogens is 1. The van der Waals surface area contributed by atoms with Crippen molar-refractivity contribution in [3.8, 4) is 0 Å². The fourth-order valence-corrected chi connectivity index (χ4v) is 6.29. The number of likely N-dealkylation sites (N-methyl/N-ethyl adjacent to an activating group) is 1. The average molecular weight is 695 g/mol. The molecule has 2 aromatic rings. The van der Waals surface area contributed by atoms with Gasteiger partial charge in [0.05, 0.1) is 12.0 Å². The van der Waals surface area contributed by atoms with Crippen molar-refractivity contribution in [3.63, 3.8) is 0 Å². The Hall–Kier alpha value is -4.45. The third-order valence-electron chi connectivity index (χ3n) is 9.31. The largest absolute Gasteiger partial charge is 0.355 e. The fourth-order valence-electron chi connectivity index (χ4n) is 6.16. The van der Waals surface area contributed by atoms with Gasteiger partial charge in [-0.1, -0.05) is 74.3 Å². The summed E-state index contributed by atoms with van der Waals surface area (Å²) >= 11 is 6.09. The lowest BCUT2D eigenvalue weighted by Gasteiger charge is -2.41. The number of nitrogens with one attached hydrogen (secondary N) is 5. The molecule has 2 fully saturated rings. The second-order valence-electron chi connectivity index (χ2n) is 13.4. The molecule has 0 bridgehead atoms.